The molecule has 0 spiro atoms. The molecule has 178 valence electrons. The van der Waals surface area contributed by atoms with Crippen LogP contribution in [0.5, 0.6) is 0 Å². The van der Waals surface area contributed by atoms with E-state index in [-0.39, 0.29) is 11.7 Å². The molecule has 9 heteroatoms. The number of fused-ring (bicyclic) bond motifs is 3. The molecule has 3 heterocycles. The van der Waals surface area contributed by atoms with Gasteiger partial charge in [0.05, 0.1) is 41.2 Å². The lowest BCUT2D eigenvalue weighted by Gasteiger charge is -2.24. The van der Waals surface area contributed by atoms with Crippen LogP contribution in [0.3, 0.4) is 0 Å². The molecule has 1 aliphatic carbocycles. The minimum atomic E-state index is -0.561. The standard InChI is InChI=1S/C26H24ClFN6O/c27-21-9-23(22(28)8-20(21)17-10-31-33(14-17)13-16-4-3-5-16)32-26(35)30-12-25-19-7-2-1-6-18(19)24-11-29-15-34(24)25/h1-2,6-11,14-16,25H,3-5,12-13H2,(H2,30,32,35). The van der Waals surface area contributed by atoms with Crippen LogP contribution in [0.4, 0.5) is 14.9 Å². The van der Waals surface area contributed by atoms with Crippen molar-refractivity contribution in [2.24, 2.45) is 5.92 Å². The molecule has 1 aliphatic heterocycles. The molecule has 2 N–H and O–H groups in total. The lowest BCUT2D eigenvalue weighted by molar-refractivity contribution is 0.251. The first-order chi connectivity index (χ1) is 17.1. The highest BCUT2D eigenvalue weighted by Gasteiger charge is 2.28. The molecule has 2 aromatic heterocycles. The zero-order valence-corrected chi connectivity index (χ0v) is 19.7. The molecular weight excluding hydrogens is 467 g/mol. The van der Waals surface area contributed by atoms with E-state index in [4.69, 9.17) is 11.6 Å². The number of anilines is 1. The molecule has 2 aliphatic rings. The Morgan fingerprint density at radius 1 is 1.17 bits per heavy atom. The Bertz CT molecular complexity index is 1410. The summed E-state index contributed by atoms with van der Waals surface area (Å²) >= 11 is 6.47. The van der Waals surface area contributed by atoms with Gasteiger partial charge in [-0.15, -0.1) is 0 Å². The largest absolute Gasteiger partial charge is 0.335 e. The highest BCUT2D eigenvalue weighted by Crippen LogP contribution is 2.38. The third-order valence-corrected chi connectivity index (χ3v) is 7.29. The average molecular weight is 491 g/mol. The van der Waals surface area contributed by atoms with Gasteiger partial charge in [0, 0.05) is 36.0 Å². The van der Waals surface area contributed by atoms with Crippen molar-refractivity contribution in [2.45, 2.75) is 31.8 Å². The molecule has 2 amide bonds. The van der Waals surface area contributed by atoms with Crippen molar-refractivity contribution in [1.82, 2.24) is 24.6 Å². The van der Waals surface area contributed by atoms with Crippen molar-refractivity contribution in [3.05, 3.63) is 77.7 Å². The second-order valence-electron chi connectivity index (χ2n) is 9.18. The predicted octanol–water partition coefficient (Wildman–Crippen LogP) is 5.73. The number of aromatic nitrogens is 4. The molecule has 1 saturated carbocycles. The third-order valence-electron chi connectivity index (χ3n) is 6.97. The SMILES string of the molecule is O=C(NCC1c2ccccc2-c2cncn21)Nc1cc(Cl)c(-c2cnn(CC3CCC3)c2)cc1F. The molecular formula is C26H24ClFN6O. The topological polar surface area (TPSA) is 76.8 Å². The fourth-order valence-electron chi connectivity index (χ4n) is 4.90. The molecule has 7 nitrogen and oxygen atoms in total. The van der Waals surface area contributed by atoms with Crippen molar-refractivity contribution in [3.8, 4) is 22.4 Å². The molecule has 0 bridgehead atoms. The Morgan fingerprint density at radius 2 is 2.03 bits per heavy atom. The maximum atomic E-state index is 14.9. The first-order valence-electron chi connectivity index (χ1n) is 11.7. The number of benzene rings is 2. The first-order valence-corrected chi connectivity index (χ1v) is 12.1. The van der Waals surface area contributed by atoms with E-state index in [9.17, 15) is 9.18 Å². The zero-order valence-electron chi connectivity index (χ0n) is 18.9. The maximum absolute atomic E-state index is 14.9. The summed E-state index contributed by atoms with van der Waals surface area (Å²) in [5.74, 6) is 0.104. The number of rotatable bonds is 6. The number of hydrogen-bond acceptors (Lipinski definition) is 3. The van der Waals surface area contributed by atoms with Crippen LogP contribution in [-0.4, -0.2) is 31.9 Å². The lowest BCUT2D eigenvalue weighted by Crippen LogP contribution is -2.33. The van der Waals surface area contributed by atoms with E-state index >= 15 is 0 Å². The summed E-state index contributed by atoms with van der Waals surface area (Å²) in [5, 5.41) is 10.2. The molecule has 35 heavy (non-hydrogen) atoms. The Morgan fingerprint density at radius 3 is 2.86 bits per heavy atom. The Hall–Kier alpha value is -3.65. The summed E-state index contributed by atoms with van der Waals surface area (Å²) in [5.41, 5.74) is 4.54. The normalized spacial score (nSPS) is 16.5. The predicted molar refractivity (Wildman–Crippen MR) is 133 cm³/mol. The van der Waals surface area contributed by atoms with Gasteiger partial charge in [-0.3, -0.25) is 4.68 Å². The van der Waals surface area contributed by atoms with Gasteiger partial charge in [0.1, 0.15) is 5.82 Å². The number of nitrogens with one attached hydrogen (secondary N) is 2. The Balaban J connectivity index is 1.13. The highest BCUT2D eigenvalue weighted by atomic mass is 35.5. The van der Waals surface area contributed by atoms with E-state index in [1.165, 1.54) is 31.4 Å². The van der Waals surface area contributed by atoms with Gasteiger partial charge in [0.2, 0.25) is 0 Å². The third kappa shape index (κ3) is 4.08. The molecule has 1 fully saturated rings. The van der Waals surface area contributed by atoms with Crippen LogP contribution in [0, 0.1) is 11.7 Å². The van der Waals surface area contributed by atoms with E-state index in [0.717, 1.165) is 28.9 Å². The molecule has 6 rings (SSSR count). The highest BCUT2D eigenvalue weighted by molar-refractivity contribution is 6.33. The van der Waals surface area contributed by atoms with E-state index in [1.54, 1.807) is 12.5 Å². The summed E-state index contributed by atoms with van der Waals surface area (Å²) in [4.78, 5) is 16.8. The van der Waals surface area contributed by atoms with Crippen LogP contribution < -0.4 is 10.6 Å². The molecule has 0 radical (unpaired) electrons. The van der Waals surface area contributed by atoms with Gasteiger partial charge in [0.25, 0.3) is 0 Å². The molecule has 1 atom stereocenters. The molecule has 2 aromatic carbocycles. The van der Waals surface area contributed by atoms with E-state index < -0.39 is 11.8 Å². The summed E-state index contributed by atoms with van der Waals surface area (Å²) < 4.78 is 18.8. The average Bonchev–Trinajstić information content (AvgIpc) is 3.54. The van der Waals surface area contributed by atoms with Gasteiger partial charge >= 0.3 is 6.03 Å². The van der Waals surface area contributed by atoms with Crippen LogP contribution in [-0.2, 0) is 6.54 Å². The Kier molecular flexibility index (Phi) is 5.53. The summed E-state index contributed by atoms with van der Waals surface area (Å²) in [6.45, 7) is 1.20. The van der Waals surface area contributed by atoms with E-state index in [1.807, 2.05) is 45.9 Å². The Labute approximate surface area is 206 Å². The van der Waals surface area contributed by atoms with Crippen LogP contribution in [0.25, 0.3) is 22.4 Å². The molecule has 4 aromatic rings. The number of hydrogen-bond donors (Lipinski definition) is 2. The number of amides is 2. The molecule has 1 unspecified atom stereocenters. The first kappa shape index (κ1) is 21.9. The van der Waals surface area contributed by atoms with Gasteiger partial charge in [-0.25, -0.2) is 14.2 Å². The van der Waals surface area contributed by atoms with Crippen LogP contribution in [0.1, 0.15) is 30.9 Å². The number of carbonyl (C=O) groups is 1. The number of carbonyl (C=O) groups excluding carboxylic acids is 1. The van der Waals surface area contributed by atoms with E-state index in [0.29, 0.717) is 23.0 Å². The van der Waals surface area contributed by atoms with Crippen molar-refractivity contribution < 1.29 is 9.18 Å². The van der Waals surface area contributed by atoms with Crippen LogP contribution in [0.2, 0.25) is 5.02 Å². The van der Waals surface area contributed by atoms with Crippen LogP contribution in [0.15, 0.2) is 61.3 Å². The molecule has 0 saturated heterocycles. The zero-order chi connectivity index (χ0) is 23.9. The van der Waals surface area contributed by atoms with E-state index in [2.05, 4.69) is 20.7 Å². The van der Waals surface area contributed by atoms with Gasteiger partial charge in [-0.05, 0) is 36.5 Å². The number of halogens is 2. The number of urea groups is 1. The van der Waals surface area contributed by atoms with Crippen molar-refractivity contribution >= 4 is 23.3 Å². The van der Waals surface area contributed by atoms with Crippen molar-refractivity contribution in [1.29, 1.82) is 0 Å². The minimum Gasteiger partial charge on any atom is -0.335 e. The maximum Gasteiger partial charge on any atom is 0.319 e. The second-order valence-corrected chi connectivity index (χ2v) is 9.59. The van der Waals surface area contributed by atoms with Crippen LogP contribution >= 0.6 is 11.6 Å². The number of nitrogens with zero attached hydrogens (tertiary/aromatic N) is 4. The fourth-order valence-corrected chi connectivity index (χ4v) is 5.18. The monoisotopic (exact) mass is 490 g/mol. The second kappa shape index (κ2) is 8.85. The van der Waals surface area contributed by atoms with Gasteiger partial charge in [0.15, 0.2) is 0 Å². The quantitative estimate of drug-likeness (QED) is 0.362. The van der Waals surface area contributed by atoms with Gasteiger partial charge in [-0.2, -0.15) is 5.10 Å². The summed E-state index contributed by atoms with van der Waals surface area (Å²) in [7, 11) is 0. The summed E-state index contributed by atoms with van der Waals surface area (Å²) in [6, 6.07) is 10.2. The fraction of sp³-hybridized carbons (Fsp3) is 0.269. The van der Waals surface area contributed by atoms with Gasteiger partial charge < -0.3 is 15.2 Å². The van der Waals surface area contributed by atoms with Crippen molar-refractivity contribution in [2.75, 3.05) is 11.9 Å². The lowest BCUT2D eigenvalue weighted by atomic mass is 9.85. The summed E-state index contributed by atoms with van der Waals surface area (Å²) in [6.07, 6.45) is 10.9. The number of imidazole rings is 1. The smallest absolute Gasteiger partial charge is 0.319 e. The van der Waals surface area contributed by atoms with Crippen molar-refractivity contribution in [3.63, 3.8) is 0 Å². The van der Waals surface area contributed by atoms with Gasteiger partial charge in [-0.1, -0.05) is 42.3 Å². The minimum absolute atomic E-state index is 0.0215.